The van der Waals surface area contributed by atoms with E-state index in [-0.39, 0.29) is 0 Å². The molecule has 0 bridgehead atoms. The van der Waals surface area contributed by atoms with Crippen LogP contribution in [0.25, 0.3) is 0 Å². The van der Waals surface area contributed by atoms with Gasteiger partial charge in [0, 0.05) is 19.1 Å². The van der Waals surface area contributed by atoms with E-state index in [1.54, 1.807) is 0 Å². The molecule has 1 saturated heterocycles. The van der Waals surface area contributed by atoms with E-state index in [1.165, 1.54) is 26.1 Å². The summed E-state index contributed by atoms with van der Waals surface area (Å²) in [7, 11) is 2.10. The van der Waals surface area contributed by atoms with Gasteiger partial charge in [-0.25, -0.2) is 0 Å². The summed E-state index contributed by atoms with van der Waals surface area (Å²) in [5.74, 6) is 3.22. The molecular weight excluding hydrogens is 208 g/mol. The van der Waals surface area contributed by atoms with Gasteiger partial charge >= 0.3 is 0 Å². The molecule has 0 aromatic heterocycles. The highest BCUT2D eigenvalue weighted by molar-refractivity contribution is 4.83. The van der Waals surface area contributed by atoms with Crippen LogP contribution in [0.2, 0.25) is 0 Å². The largest absolute Gasteiger partial charge is 0.317 e. The Labute approximate surface area is 108 Å². The zero-order valence-corrected chi connectivity index (χ0v) is 12.7. The lowest BCUT2D eigenvalue weighted by Crippen LogP contribution is -2.49. The summed E-state index contributed by atoms with van der Waals surface area (Å²) in [5.41, 5.74) is 0. The molecule has 2 atom stereocenters. The van der Waals surface area contributed by atoms with E-state index < -0.39 is 0 Å². The first-order chi connectivity index (χ1) is 7.95. The fourth-order valence-electron chi connectivity index (χ4n) is 3.32. The summed E-state index contributed by atoms with van der Waals surface area (Å²) in [4.78, 5) is 2.68. The summed E-state index contributed by atoms with van der Waals surface area (Å²) < 4.78 is 0. The first-order valence-electron chi connectivity index (χ1n) is 7.35. The number of piperidine rings is 1. The van der Waals surface area contributed by atoms with Crippen molar-refractivity contribution in [3.63, 3.8) is 0 Å². The van der Waals surface area contributed by atoms with Gasteiger partial charge in [0.25, 0.3) is 0 Å². The molecule has 2 heteroatoms. The average Bonchev–Trinajstić information content (AvgIpc) is 2.25. The van der Waals surface area contributed by atoms with Crippen molar-refractivity contribution >= 4 is 0 Å². The van der Waals surface area contributed by atoms with Crippen molar-refractivity contribution in [2.75, 3.05) is 26.7 Å². The average molecular weight is 240 g/mol. The Morgan fingerprint density at radius 3 is 2.18 bits per heavy atom. The monoisotopic (exact) mass is 240 g/mol. The molecular formula is C15H32N2. The van der Waals surface area contributed by atoms with Crippen molar-refractivity contribution in [1.82, 2.24) is 10.2 Å². The second-order valence-corrected chi connectivity index (χ2v) is 6.57. The van der Waals surface area contributed by atoms with Crippen molar-refractivity contribution in [2.24, 2.45) is 23.7 Å². The van der Waals surface area contributed by atoms with Crippen LogP contribution >= 0.6 is 0 Å². The summed E-state index contributed by atoms with van der Waals surface area (Å²) in [6.07, 6.45) is 1.31. The fraction of sp³-hybridized carbons (Fsp3) is 1.00. The maximum atomic E-state index is 3.45. The van der Waals surface area contributed by atoms with Gasteiger partial charge in [-0.2, -0.15) is 0 Å². The van der Waals surface area contributed by atoms with Gasteiger partial charge < -0.3 is 10.2 Å². The first kappa shape index (κ1) is 15.0. The quantitative estimate of drug-likeness (QED) is 0.795. The van der Waals surface area contributed by atoms with Crippen molar-refractivity contribution in [3.05, 3.63) is 0 Å². The lowest BCUT2D eigenvalue weighted by Gasteiger charge is -2.40. The SMILES string of the molecule is CNC1CCN(CC(C(C)C)C(C)C)CC1C. The van der Waals surface area contributed by atoms with Crippen molar-refractivity contribution < 1.29 is 0 Å². The van der Waals surface area contributed by atoms with E-state index in [9.17, 15) is 0 Å². The predicted molar refractivity (Wildman–Crippen MR) is 76.2 cm³/mol. The molecule has 102 valence electrons. The van der Waals surface area contributed by atoms with Crippen molar-refractivity contribution in [1.29, 1.82) is 0 Å². The molecule has 2 nitrogen and oxygen atoms in total. The van der Waals surface area contributed by atoms with Crippen molar-refractivity contribution in [2.45, 2.75) is 47.1 Å². The molecule has 0 amide bonds. The Hall–Kier alpha value is -0.0800. The Kier molecular flexibility index (Phi) is 5.94. The molecule has 1 aliphatic rings. The lowest BCUT2D eigenvalue weighted by atomic mass is 9.84. The van der Waals surface area contributed by atoms with Crippen LogP contribution < -0.4 is 5.32 Å². The molecule has 0 aromatic rings. The molecule has 0 radical (unpaired) electrons. The third-order valence-electron chi connectivity index (χ3n) is 4.54. The van der Waals surface area contributed by atoms with E-state index >= 15 is 0 Å². The van der Waals surface area contributed by atoms with Crippen LogP contribution in [0.4, 0.5) is 0 Å². The van der Waals surface area contributed by atoms with Gasteiger partial charge in [0.15, 0.2) is 0 Å². The number of rotatable bonds is 5. The molecule has 0 saturated carbocycles. The predicted octanol–water partition coefficient (Wildman–Crippen LogP) is 2.84. The van der Waals surface area contributed by atoms with Crippen LogP contribution in [0.5, 0.6) is 0 Å². The van der Waals surface area contributed by atoms with Gasteiger partial charge in [-0.1, -0.05) is 34.6 Å². The van der Waals surface area contributed by atoms with E-state index in [4.69, 9.17) is 0 Å². The van der Waals surface area contributed by atoms with Crippen LogP contribution in [-0.2, 0) is 0 Å². The van der Waals surface area contributed by atoms with Crippen LogP contribution in [-0.4, -0.2) is 37.6 Å². The van der Waals surface area contributed by atoms with Gasteiger partial charge in [0.05, 0.1) is 0 Å². The minimum absolute atomic E-state index is 0.725. The van der Waals surface area contributed by atoms with Gasteiger partial charge in [-0.15, -0.1) is 0 Å². The molecule has 0 spiro atoms. The third kappa shape index (κ3) is 4.26. The van der Waals surface area contributed by atoms with Gasteiger partial charge in [0.2, 0.25) is 0 Å². The molecule has 1 N–H and O–H groups in total. The number of nitrogens with zero attached hydrogens (tertiary/aromatic N) is 1. The topological polar surface area (TPSA) is 15.3 Å². The Balaban J connectivity index is 2.47. The van der Waals surface area contributed by atoms with Gasteiger partial charge in [-0.05, 0) is 43.7 Å². The van der Waals surface area contributed by atoms with E-state index in [0.29, 0.717) is 0 Å². The van der Waals surface area contributed by atoms with Crippen LogP contribution in [0, 0.1) is 23.7 Å². The number of likely N-dealkylation sites (tertiary alicyclic amines) is 1. The second-order valence-electron chi connectivity index (χ2n) is 6.57. The van der Waals surface area contributed by atoms with Crippen LogP contribution in [0.1, 0.15) is 41.0 Å². The zero-order valence-electron chi connectivity index (χ0n) is 12.7. The number of hydrogen-bond donors (Lipinski definition) is 1. The summed E-state index contributed by atoms with van der Waals surface area (Å²) >= 11 is 0. The molecule has 1 fully saturated rings. The summed E-state index contributed by atoms with van der Waals surface area (Å²) in [5, 5.41) is 3.45. The molecule has 1 aliphatic heterocycles. The van der Waals surface area contributed by atoms with Crippen LogP contribution in [0.3, 0.4) is 0 Å². The van der Waals surface area contributed by atoms with E-state index in [1.807, 2.05) is 0 Å². The van der Waals surface area contributed by atoms with Crippen molar-refractivity contribution in [3.8, 4) is 0 Å². The first-order valence-corrected chi connectivity index (χ1v) is 7.35. The minimum Gasteiger partial charge on any atom is -0.317 e. The zero-order chi connectivity index (χ0) is 13.0. The number of nitrogens with one attached hydrogen (secondary N) is 1. The van der Waals surface area contributed by atoms with Gasteiger partial charge in [-0.3, -0.25) is 0 Å². The Morgan fingerprint density at radius 1 is 1.18 bits per heavy atom. The maximum Gasteiger partial charge on any atom is 0.0114 e. The molecule has 17 heavy (non-hydrogen) atoms. The third-order valence-corrected chi connectivity index (χ3v) is 4.54. The summed E-state index contributed by atoms with van der Waals surface area (Å²) in [6.45, 7) is 15.7. The Morgan fingerprint density at radius 2 is 1.76 bits per heavy atom. The number of hydrogen-bond acceptors (Lipinski definition) is 2. The highest BCUT2D eigenvalue weighted by Gasteiger charge is 2.27. The standard InChI is InChI=1S/C15H32N2/c1-11(2)14(12(3)4)10-17-8-7-15(16-6)13(5)9-17/h11-16H,7-10H2,1-6H3. The van der Waals surface area contributed by atoms with Crippen LogP contribution in [0.15, 0.2) is 0 Å². The second kappa shape index (κ2) is 6.75. The molecule has 0 aromatic carbocycles. The normalized spacial score (nSPS) is 27.4. The Bertz CT molecular complexity index is 205. The minimum atomic E-state index is 0.725. The molecule has 0 aliphatic carbocycles. The highest BCUT2D eigenvalue weighted by atomic mass is 15.1. The lowest BCUT2D eigenvalue weighted by molar-refractivity contribution is 0.104. The molecule has 2 unspecified atom stereocenters. The van der Waals surface area contributed by atoms with Gasteiger partial charge in [0.1, 0.15) is 0 Å². The van der Waals surface area contributed by atoms with E-state index in [2.05, 4.69) is 51.9 Å². The smallest absolute Gasteiger partial charge is 0.0114 e. The molecule has 1 rings (SSSR count). The molecule has 1 heterocycles. The fourth-order valence-corrected chi connectivity index (χ4v) is 3.32. The van der Waals surface area contributed by atoms with E-state index in [0.717, 1.165) is 29.7 Å². The summed E-state index contributed by atoms with van der Waals surface area (Å²) in [6, 6.07) is 0.725. The highest BCUT2D eigenvalue weighted by Crippen LogP contribution is 2.24. The maximum absolute atomic E-state index is 3.45.